The first-order valence-electron chi connectivity index (χ1n) is 6.85. The molecule has 0 aliphatic rings. The zero-order chi connectivity index (χ0) is 14.4. The fraction of sp³-hybridized carbons (Fsp3) is 0.471. The second kappa shape index (κ2) is 7.11. The van der Waals surface area contributed by atoms with Gasteiger partial charge in [-0.3, -0.25) is 0 Å². The third-order valence-corrected chi connectivity index (χ3v) is 3.34. The molecule has 0 aliphatic heterocycles. The zero-order valence-corrected chi connectivity index (χ0v) is 12.4. The first kappa shape index (κ1) is 15.5. The molecule has 0 aliphatic carbocycles. The van der Waals surface area contributed by atoms with Gasteiger partial charge in [0.15, 0.2) is 5.69 Å². The van der Waals surface area contributed by atoms with Gasteiger partial charge in [0.25, 0.3) is 0 Å². The summed E-state index contributed by atoms with van der Waals surface area (Å²) < 4.78 is 0. The standard InChI is InChI=1S/C17H24N2/c1-12(2)14(5)17(11-19-13(3)4)15-7-9-16(18-6)10-8-15/h7-10,12-13,17,19H,5,11H2,1-4H3. The third kappa shape index (κ3) is 4.54. The lowest BCUT2D eigenvalue weighted by atomic mass is 9.85. The predicted octanol–water partition coefficient (Wildman–Crippen LogP) is 4.53. The molecule has 1 aromatic rings. The van der Waals surface area contributed by atoms with Gasteiger partial charge in [0.1, 0.15) is 0 Å². The molecule has 1 rings (SSSR count). The van der Waals surface area contributed by atoms with Gasteiger partial charge in [0.05, 0.1) is 6.57 Å². The van der Waals surface area contributed by atoms with Gasteiger partial charge in [-0.05, 0) is 11.5 Å². The topological polar surface area (TPSA) is 16.4 Å². The largest absolute Gasteiger partial charge is 0.314 e. The monoisotopic (exact) mass is 256 g/mol. The number of hydrogen-bond acceptors (Lipinski definition) is 1. The van der Waals surface area contributed by atoms with Crippen molar-refractivity contribution >= 4 is 5.69 Å². The molecule has 0 radical (unpaired) electrons. The summed E-state index contributed by atoms with van der Waals surface area (Å²) in [5.74, 6) is 0.765. The molecule has 0 saturated heterocycles. The first-order chi connectivity index (χ1) is 8.95. The molecule has 0 aromatic heterocycles. The Balaban J connectivity index is 2.94. The quantitative estimate of drug-likeness (QED) is 0.584. The average molecular weight is 256 g/mol. The fourth-order valence-corrected chi connectivity index (χ4v) is 2.00. The van der Waals surface area contributed by atoms with Crippen molar-refractivity contribution in [1.29, 1.82) is 0 Å². The maximum absolute atomic E-state index is 7.01. The number of nitrogens with one attached hydrogen (secondary N) is 1. The van der Waals surface area contributed by atoms with E-state index in [0.29, 0.717) is 23.6 Å². The molecule has 0 heterocycles. The highest BCUT2D eigenvalue weighted by molar-refractivity contribution is 5.47. The van der Waals surface area contributed by atoms with Gasteiger partial charge >= 0.3 is 0 Å². The normalized spacial score (nSPS) is 12.5. The van der Waals surface area contributed by atoms with E-state index >= 15 is 0 Å². The van der Waals surface area contributed by atoms with Gasteiger partial charge in [0.2, 0.25) is 0 Å². The highest BCUT2D eigenvalue weighted by atomic mass is 14.9. The Hall–Kier alpha value is -1.59. The maximum Gasteiger partial charge on any atom is 0.187 e. The lowest BCUT2D eigenvalue weighted by molar-refractivity contribution is 0.535. The molecule has 2 heteroatoms. The number of nitrogens with zero attached hydrogens (tertiary/aromatic N) is 1. The minimum Gasteiger partial charge on any atom is -0.314 e. The molecular weight excluding hydrogens is 232 g/mol. The summed E-state index contributed by atoms with van der Waals surface area (Å²) in [7, 11) is 0. The van der Waals surface area contributed by atoms with Crippen molar-refractivity contribution in [3.63, 3.8) is 0 Å². The molecule has 0 bridgehead atoms. The lowest BCUT2D eigenvalue weighted by Crippen LogP contribution is -2.29. The van der Waals surface area contributed by atoms with Crippen molar-refractivity contribution in [1.82, 2.24) is 5.32 Å². The van der Waals surface area contributed by atoms with E-state index in [-0.39, 0.29) is 0 Å². The van der Waals surface area contributed by atoms with Gasteiger partial charge in [-0.15, -0.1) is 0 Å². The molecule has 2 nitrogen and oxygen atoms in total. The van der Waals surface area contributed by atoms with E-state index in [0.717, 1.165) is 6.54 Å². The van der Waals surface area contributed by atoms with Crippen molar-refractivity contribution in [3.8, 4) is 0 Å². The summed E-state index contributed by atoms with van der Waals surface area (Å²) in [6.45, 7) is 20.8. The molecule has 1 N–H and O–H groups in total. The fourth-order valence-electron chi connectivity index (χ4n) is 2.00. The van der Waals surface area contributed by atoms with Crippen LogP contribution in [0.5, 0.6) is 0 Å². The Kier molecular flexibility index (Phi) is 5.79. The first-order valence-corrected chi connectivity index (χ1v) is 6.85. The summed E-state index contributed by atoms with van der Waals surface area (Å²) in [5.41, 5.74) is 3.16. The smallest absolute Gasteiger partial charge is 0.187 e. The molecule has 0 spiro atoms. The summed E-state index contributed by atoms with van der Waals surface area (Å²) >= 11 is 0. The highest BCUT2D eigenvalue weighted by Crippen LogP contribution is 2.29. The summed E-state index contributed by atoms with van der Waals surface area (Å²) in [6.07, 6.45) is 0. The van der Waals surface area contributed by atoms with Crippen LogP contribution in [0.15, 0.2) is 36.4 Å². The van der Waals surface area contributed by atoms with E-state index in [4.69, 9.17) is 6.57 Å². The van der Waals surface area contributed by atoms with Gasteiger partial charge < -0.3 is 5.32 Å². The van der Waals surface area contributed by atoms with Crippen LogP contribution in [0, 0.1) is 12.5 Å². The summed E-state index contributed by atoms with van der Waals surface area (Å²) in [5, 5.41) is 3.49. The van der Waals surface area contributed by atoms with Crippen molar-refractivity contribution in [2.75, 3.05) is 6.54 Å². The van der Waals surface area contributed by atoms with Crippen LogP contribution < -0.4 is 5.32 Å². The Labute approximate surface area is 117 Å². The van der Waals surface area contributed by atoms with Crippen LogP contribution >= 0.6 is 0 Å². The van der Waals surface area contributed by atoms with E-state index in [1.54, 1.807) is 0 Å². The molecule has 102 valence electrons. The second-order valence-electron chi connectivity index (χ2n) is 5.55. The Bertz CT molecular complexity index is 449. The maximum atomic E-state index is 7.01. The minimum atomic E-state index is 0.308. The minimum absolute atomic E-state index is 0.308. The van der Waals surface area contributed by atoms with Crippen LogP contribution in [0.2, 0.25) is 0 Å². The number of hydrogen-bond donors (Lipinski definition) is 1. The SMILES string of the molecule is [C-]#[N+]c1ccc(C(CNC(C)C)C(=C)C(C)C)cc1. The second-order valence-corrected chi connectivity index (χ2v) is 5.55. The van der Waals surface area contributed by atoms with Crippen molar-refractivity contribution in [2.24, 2.45) is 5.92 Å². The average Bonchev–Trinajstić information content (AvgIpc) is 2.39. The third-order valence-electron chi connectivity index (χ3n) is 3.34. The molecule has 1 atom stereocenters. The zero-order valence-electron chi connectivity index (χ0n) is 12.4. The summed E-state index contributed by atoms with van der Waals surface area (Å²) in [4.78, 5) is 3.44. The van der Waals surface area contributed by atoms with Crippen molar-refractivity contribution < 1.29 is 0 Å². The molecule has 1 aromatic carbocycles. The van der Waals surface area contributed by atoms with Crippen LogP contribution in [-0.2, 0) is 0 Å². The number of benzene rings is 1. The van der Waals surface area contributed by atoms with E-state index in [1.807, 2.05) is 24.3 Å². The molecule has 19 heavy (non-hydrogen) atoms. The Morgan fingerprint density at radius 2 is 1.79 bits per heavy atom. The highest BCUT2D eigenvalue weighted by Gasteiger charge is 2.17. The Morgan fingerprint density at radius 1 is 1.21 bits per heavy atom. The molecule has 0 fully saturated rings. The van der Waals surface area contributed by atoms with Crippen LogP contribution in [0.3, 0.4) is 0 Å². The molecule has 0 saturated carbocycles. The molecule has 0 amide bonds. The van der Waals surface area contributed by atoms with Crippen molar-refractivity contribution in [2.45, 2.75) is 39.7 Å². The van der Waals surface area contributed by atoms with E-state index in [1.165, 1.54) is 11.1 Å². The number of rotatable bonds is 6. The predicted molar refractivity (Wildman–Crippen MR) is 82.6 cm³/mol. The van der Waals surface area contributed by atoms with Gasteiger partial charge in [0, 0.05) is 18.5 Å². The van der Waals surface area contributed by atoms with Crippen LogP contribution in [-0.4, -0.2) is 12.6 Å². The Morgan fingerprint density at radius 3 is 2.21 bits per heavy atom. The van der Waals surface area contributed by atoms with Gasteiger partial charge in [-0.25, -0.2) is 4.85 Å². The van der Waals surface area contributed by atoms with Crippen LogP contribution in [0.1, 0.15) is 39.2 Å². The van der Waals surface area contributed by atoms with Crippen LogP contribution in [0.25, 0.3) is 4.85 Å². The van der Waals surface area contributed by atoms with E-state index in [2.05, 4.69) is 44.4 Å². The van der Waals surface area contributed by atoms with Crippen molar-refractivity contribution in [3.05, 3.63) is 53.4 Å². The van der Waals surface area contributed by atoms with Gasteiger partial charge in [-0.1, -0.05) is 64.1 Å². The van der Waals surface area contributed by atoms with Crippen LogP contribution in [0.4, 0.5) is 5.69 Å². The van der Waals surface area contributed by atoms with E-state index < -0.39 is 0 Å². The lowest BCUT2D eigenvalue weighted by Gasteiger charge is -2.24. The molecule has 1 unspecified atom stereocenters. The molecular formula is C17H24N2. The summed E-state index contributed by atoms with van der Waals surface area (Å²) in [6, 6.07) is 8.34. The van der Waals surface area contributed by atoms with Gasteiger partial charge in [-0.2, -0.15) is 0 Å². The van der Waals surface area contributed by atoms with E-state index in [9.17, 15) is 0 Å².